The van der Waals surface area contributed by atoms with Gasteiger partial charge in [-0.25, -0.2) is 0 Å². The van der Waals surface area contributed by atoms with Crippen LogP contribution in [0.4, 0.5) is 5.69 Å². The van der Waals surface area contributed by atoms with Crippen molar-refractivity contribution in [2.45, 2.75) is 0 Å². The van der Waals surface area contributed by atoms with Crippen molar-refractivity contribution < 1.29 is 14.3 Å². The van der Waals surface area contributed by atoms with Crippen molar-refractivity contribution in [1.82, 2.24) is 0 Å². The lowest BCUT2D eigenvalue weighted by Gasteiger charge is -2.10. The zero-order chi connectivity index (χ0) is 18.9. The van der Waals surface area contributed by atoms with Crippen LogP contribution < -0.4 is 14.8 Å². The highest BCUT2D eigenvalue weighted by molar-refractivity contribution is 6.34. The molecule has 2 aromatic carbocycles. The van der Waals surface area contributed by atoms with Crippen LogP contribution in [-0.2, 0) is 4.79 Å². The van der Waals surface area contributed by atoms with Crippen LogP contribution in [0.15, 0.2) is 48.0 Å². The molecule has 6 heteroatoms. The molecule has 5 nitrogen and oxygen atoms in total. The molecule has 1 N–H and O–H groups in total. The first-order chi connectivity index (χ1) is 12.6. The second-order valence-corrected chi connectivity index (χ2v) is 5.41. The van der Waals surface area contributed by atoms with Crippen LogP contribution in [0.25, 0.3) is 6.08 Å². The molecule has 0 aliphatic carbocycles. The lowest BCUT2D eigenvalue weighted by Crippen LogP contribution is -2.13. The molecule has 0 heterocycles. The highest BCUT2D eigenvalue weighted by Crippen LogP contribution is 2.29. The second-order valence-electron chi connectivity index (χ2n) is 5.01. The standard InChI is InChI=1S/C20H15ClN2O3/c1-3-10-26-18-9-8-14(12-19(18)25-2)11-15(13-22)20(24)23-17-7-5-4-6-16(17)21/h1,4-9,11-12H,10H2,2H3,(H,23,24)/b15-11+. The van der Waals surface area contributed by atoms with Gasteiger partial charge in [-0.05, 0) is 35.9 Å². The maximum Gasteiger partial charge on any atom is 0.266 e. The molecule has 0 aromatic heterocycles. The van der Waals surface area contributed by atoms with E-state index in [2.05, 4.69) is 11.2 Å². The fourth-order valence-corrected chi connectivity index (χ4v) is 2.26. The van der Waals surface area contributed by atoms with Gasteiger partial charge in [0.2, 0.25) is 0 Å². The number of terminal acetylenes is 1. The van der Waals surface area contributed by atoms with E-state index in [4.69, 9.17) is 27.5 Å². The van der Waals surface area contributed by atoms with Crippen molar-refractivity contribution in [3.05, 3.63) is 58.6 Å². The number of halogens is 1. The Kier molecular flexibility index (Phi) is 6.68. The van der Waals surface area contributed by atoms with Crippen LogP contribution in [0.2, 0.25) is 5.02 Å². The molecule has 2 rings (SSSR count). The number of nitrogens with zero attached hydrogens (tertiary/aromatic N) is 1. The number of amides is 1. The maximum atomic E-state index is 12.3. The van der Waals surface area contributed by atoms with Crippen LogP contribution in [0.5, 0.6) is 11.5 Å². The molecule has 1 amide bonds. The lowest BCUT2D eigenvalue weighted by molar-refractivity contribution is -0.112. The summed E-state index contributed by atoms with van der Waals surface area (Å²) in [7, 11) is 1.49. The topological polar surface area (TPSA) is 71.3 Å². The summed E-state index contributed by atoms with van der Waals surface area (Å²) in [6, 6.07) is 13.6. The summed E-state index contributed by atoms with van der Waals surface area (Å²) in [4.78, 5) is 12.3. The first-order valence-corrected chi connectivity index (χ1v) is 7.88. The average Bonchev–Trinajstić information content (AvgIpc) is 2.66. The van der Waals surface area contributed by atoms with Gasteiger partial charge in [-0.2, -0.15) is 5.26 Å². The minimum atomic E-state index is -0.563. The predicted molar refractivity (Wildman–Crippen MR) is 101 cm³/mol. The van der Waals surface area contributed by atoms with Crippen molar-refractivity contribution in [3.63, 3.8) is 0 Å². The Bertz CT molecular complexity index is 923. The summed E-state index contributed by atoms with van der Waals surface area (Å²) >= 11 is 6.01. The molecule has 0 fully saturated rings. The van der Waals surface area contributed by atoms with Crippen molar-refractivity contribution >= 4 is 29.3 Å². The predicted octanol–water partition coefficient (Wildman–Crippen LogP) is 3.91. The van der Waals surface area contributed by atoms with Crippen LogP contribution in [0, 0.1) is 23.7 Å². The van der Waals surface area contributed by atoms with E-state index in [0.29, 0.717) is 27.8 Å². The lowest BCUT2D eigenvalue weighted by atomic mass is 10.1. The van der Waals surface area contributed by atoms with Gasteiger partial charge in [0, 0.05) is 0 Å². The minimum Gasteiger partial charge on any atom is -0.493 e. The molecule has 0 aliphatic heterocycles. The molecule has 0 bridgehead atoms. The van der Waals surface area contributed by atoms with E-state index >= 15 is 0 Å². The van der Waals surface area contributed by atoms with E-state index in [1.165, 1.54) is 13.2 Å². The number of methoxy groups -OCH3 is 1. The summed E-state index contributed by atoms with van der Waals surface area (Å²) in [5.74, 6) is 2.72. The van der Waals surface area contributed by atoms with Gasteiger partial charge < -0.3 is 14.8 Å². The van der Waals surface area contributed by atoms with Crippen LogP contribution in [-0.4, -0.2) is 19.6 Å². The Labute approximate surface area is 156 Å². The van der Waals surface area contributed by atoms with Gasteiger partial charge in [0.25, 0.3) is 5.91 Å². The molecular weight excluding hydrogens is 352 g/mol. The molecule has 0 saturated carbocycles. The third-order valence-corrected chi connectivity index (χ3v) is 3.63. The number of benzene rings is 2. The molecule has 2 aromatic rings. The second kappa shape index (κ2) is 9.17. The van der Waals surface area contributed by atoms with Gasteiger partial charge in [-0.1, -0.05) is 35.7 Å². The Hall–Kier alpha value is -3.41. The number of ether oxygens (including phenoxy) is 2. The number of carbonyl (C=O) groups excluding carboxylic acids is 1. The molecule has 0 atom stereocenters. The summed E-state index contributed by atoms with van der Waals surface area (Å²) in [6.45, 7) is 0.106. The Morgan fingerprint density at radius 2 is 2.08 bits per heavy atom. The quantitative estimate of drug-likeness (QED) is 0.478. The first-order valence-electron chi connectivity index (χ1n) is 7.51. The number of hydrogen-bond acceptors (Lipinski definition) is 4. The van der Waals surface area contributed by atoms with Crippen molar-refractivity contribution in [2.75, 3.05) is 19.0 Å². The van der Waals surface area contributed by atoms with E-state index in [1.54, 1.807) is 42.5 Å². The first kappa shape index (κ1) is 18.9. The normalized spacial score (nSPS) is 10.4. The number of hydrogen-bond donors (Lipinski definition) is 1. The summed E-state index contributed by atoms with van der Waals surface area (Å²) in [5.41, 5.74) is 0.945. The molecule has 0 aliphatic rings. The van der Waals surface area contributed by atoms with Gasteiger partial charge in [-0.3, -0.25) is 4.79 Å². The van der Waals surface area contributed by atoms with Crippen LogP contribution in [0.1, 0.15) is 5.56 Å². The molecular formula is C20H15ClN2O3. The van der Waals surface area contributed by atoms with Crippen molar-refractivity contribution in [2.24, 2.45) is 0 Å². The molecule has 0 spiro atoms. The molecule has 26 heavy (non-hydrogen) atoms. The monoisotopic (exact) mass is 366 g/mol. The number of nitriles is 1. The van der Waals surface area contributed by atoms with Crippen molar-refractivity contribution in [3.8, 4) is 29.9 Å². The van der Waals surface area contributed by atoms with Gasteiger partial charge >= 0.3 is 0 Å². The van der Waals surface area contributed by atoms with Crippen LogP contribution >= 0.6 is 11.6 Å². The highest BCUT2D eigenvalue weighted by Gasteiger charge is 2.12. The van der Waals surface area contributed by atoms with E-state index in [0.717, 1.165) is 0 Å². The highest BCUT2D eigenvalue weighted by atomic mass is 35.5. The molecule has 130 valence electrons. The van der Waals surface area contributed by atoms with Crippen molar-refractivity contribution in [1.29, 1.82) is 5.26 Å². The maximum absolute atomic E-state index is 12.3. The SMILES string of the molecule is C#CCOc1ccc(/C=C(\C#N)C(=O)Nc2ccccc2Cl)cc1OC. The summed E-state index contributed by atoms with van der Waals surface area (Å²) in [6.07, 6.45) is 6.62. The smallest absolute Gasteiger partial charge is 0.266 e. The van der Waals surface area contributed by atoms with Crippen LogP contribution in [0.3, 0.4) is 0 Å². The number of rotatable bonds is 6. The van der Waals surface area contributed by atoms with E-state index in [9.17, 15) is 10.1 Å². The molecule has 0 radical (unpaired) electrons. The zero-order valence-corrected chi connectivity index (χ0v) is 14.7. The number of carbonyl (C=O) groups is 1. The number of anilines is 1. The third-order valence-electron chi connectivity index (χ3n) is 3.30. The molecule has 0 saturated heterocycles. The Morgan fingerprint density at radius 1 is 1.31 bits per heavy atom. The average molecular weight is 367 g/mol. The Balaban J connectivity index is 2.25. The molecule has 0 unspecified atom stereocenters. The number of para-hydroxylation sites is 1. The number of nitrogens with one attached hydrogen (secondary N) is 1. The summed E-state index contributed by atoms with van der Waals surface area (Å²) in [5, 5.41) is 12.3. The van der Waals surface area contributed by atoms with E-state index < -0.39 is 5.91 Å². The van der Waals surface area contributed by atoms with Gasteiger partial charge in [0.1, 0.15) is 18.2 Å². The van der Waals surface area contributed by atoms with Gasteiger partial charge in [0.15, 0.2) is 11.5 Å². The minimum absolute atomic E-state index is 0.0794. The summed E-state index contributed by atoms with van der Waals surface area (Å²) < 4.78 is 10.6. The van der Waals surface area contributed by atoms with Gasteiger partial charge in [-0.15, -0.1) is 6.42 Å². The van der Waals surface area contributed by atoms with Gasteiger partial charge in [0.05, 0.1) is 17.8 Å². The fraction of sp³-hybridized carbons (Fsp3) is 0.100. The van der Waals surface area contributed by atoms with E-state index in [1.807, 2.05) is 6.07 Å². The Morgan fingerprint density at radius 3 is 2.73 bits per heavy atom. The van der Waals surface area contributed by atoms with E-state index in [-0.39, 0.29) is 12.2 Å². The fourth-order valence-electron chi connectivity index (χ4n) is 2.08. The third kappa shape index (κ3) is 4.80. The largest absolute Gasteiger partial charge is 0.493 e. The zero-order valence-electron chi connectivity index (χ0n) is 14.0.